The van der Waals surface area contributed by atoms with E-state index in [1.54, 1.807) is 0 Å². The van der Waals surface area contributed by atoms with E-state index >= 15 is 0 Å². The van der Waals surface area contributed by atoms with Gasteiger partial charge in [-0.15, -0.1) is 11.8 Å². The second kappa shape index (κ2) is 4.69. The second-order valence-electron chi connectivity index (χ2n) is 4.27. The molecule has 0 aliphatic carbocycles. The van der Waals surface area contributed by atoms with Gasteiger partial charge in [-0.2, -0.15) is 13.2 Å². The van der Waals surface area contributed by atoms with Crippen molar-refractivity contribution in [3.8, 4) is 0 Å². The highest BCUT2D eigenvalue weighted by molar-refractivity contribution is 8.00. The molecule has 3 N–H and O–H groups in total. The first kappa shape index (κ1) is 14.0. The molecule has 0 saturated carbocycles. The zero-order chi connectivity index (χ0) is 13.3. The third-order valence-corrected chi connectivity index (χ3v) is 2.55. The Hall–Kier alpha value is -1.02. The maximum atomic E-state index is 12.5. The van der Waals surface area contributed by atoms with Gasteiger partial charge >= 0.3 is 6.18 Å². The SMILES string of the molecule is CC(C)(C)Sc1cc(NN)nc(C(F)(F)F)n1. The fourth-order valence-corrected chi connectivity index (χ4v) is 1.92. The fraction of sp³-hybridized carbons (Fsp3) is 0.556. The predicted molar refractivity (Wildman–Crippen MR) is 60.5 cm³/mol. The lowest BCUT2D eigenvalue weighted by Gasteiger charge is -2.18. The van der Waals surface area contributed by atoms with Gasteiger partial charge in [0.2, 0.25) is 5.82 Å². The molecule has 4 nitrogen and oxygen atoms in total. The van der Waals surface area contributed by atoms with Crippen LogP contribution >= 0.6 is 11.8 Å². The summed E-state index contributed by atoms with van der Waals surface area (Å²) in [5, 5.41) is 0.229. The van der Waals surface area contributed by atoms with Gasteiger partial charge in [0.1, 0.15) is 10.8 Å². The van der Waals surface area contributed by atoms with E-state index in [1.807, 2.05) is 20.8 Å². The molecule has 0 amide bonds. The molecule has 0 aromatic carbocycles. The monoisotopic (exact) mass is 266 g/mol. The molecule has 17 heavy (non-hydrogen) atoms. The number of aromatic nitrogens is 2. The van der Waals surface area contributed by atoms with Gasteiger partial charge in [0.15, 0.2) is 0 Å². The van der Waals surface area contributed by atoms with Crippen LogP contribution in [0, 0.1) is 0 Å². The number of hydrazine groups is 1. The Kier molecular flexibility index (Phi) is 3.88. The van der Waals surface area contributed by atoms with Crippen molar-refractivity contribution in [2.45, 2.75) is 36.7 Å². The van der Waals surface area contributed by atoms with Crippen molar-refractivity contribution in [2.75, 3.05) is 5.43 Å². The van der Waals surface area contributed by atoms with Crippen LogP contribution in [0.3, 0.4) is 0 Å². The lowest BCUT2D eigenvalue weighted by atomic mass is 10.3. The number of hydrogen-bond donors (Lipinski definition) is 2. The van der Waals surface area contributed by atoms with Gasteiger partial charge in [0, 0.05) is 10.8 Å². The lowest BCUT2D eigenvalue weighted by molar-refractivity contribution is -0.145. The van der Waals surface area contributed by atoms with Crippen molar-refractivity contribution >= 4 is 17.6 Å². The van der Waals surface area contributed by atoms with Crippen molar-refractivity contribution in [1.82, 2.24) is 9.97 Å². The van der Waals surface area contributed by atoms with E-state index in [1.165, 1.54) is 17.8 Å². The molecule has 0 saturated heterocycles. The normalized spacial score (nSPS) is 12.6. The van der Waals surface area contributed by atoms with E-state index < -0.39 is 12.0 Å². The number of nitrogen functional groups attached to an aromatic ring is 1. The minimum atomic E-state index is -4.58. The molecule has 96 valence electrons. The van der Waals surface area contributed by atoms with E-state index in [-0.39, 0.29) is 15.6 Å². The highest BCUT2D eigenvalue weighted by atomic mass is 32.2. The quantitative estimate of drug-likeness (QED) is 0.373. The Labute approximate surface area is 101 Å². The fourth-order valence-electron chi connectivity index (χ4n) is 0.992. The zero-order valence-corrected chi connectivity index (χ0v) is 10.4. The third kappa shape index (κ3) is 4.39. The number of alkyl halides is 3. The Morgan fingerprint density at radius 3 is 2.24 bits per heavy atom. The highest BCUT2D eigenvalue weighted by Crippen LogP contribution is 2.34. The maximum absolute atomic E-state index is 12.5. The van der Waals surface area contributed by atoms with Crippen molar-refractivity contribution in [2.24, 2.45) is 5.84 Å². The van der Waals surface area contributed by atoms with Crippen LogP contribution in [-0.4, -0.2) is 14.7 Å². The zero-order valence-electron chi connectivity index (χ0n) is 9.59. The number of halogens is 3. The lowest BCUT2D eigenvalue weighted by Crippen LogP contribution is -2.17. The Morgan fingerprint density at radius 2 is 1.82 bits per heavy atom. The summed E-state index contributed by atoms with van der Waals surface area (Å²) in [6, 6.07) is 1.38. The smallest absolute Gasteiger partial charge is 0.308 e. The first-order valence-corrected chi connectivity index (χ1v) is 5.55. The summed E-state index contributed by atoms with van der Waals surface area (Å²) in [5.74, 6) is 3.83. The molecule has 0 bridgehead atoms. The van der Waals surface area contributed by atoms with Crippen molar-refractivity contribution < 1.29 is 13.2 Å². The summed E-state index contributed by atoms with van der Waals surface area (Å²) in [4.78, 5) is 6.74. The molecule has 1 aromatic rings. The standard InChI is InChI=1S/C9H13F3N4S/c1-8(2,3)17-6-4-5(16-13)14-7(15-6)9(10,11)12/h4H,13H2,1-3H3,(H,14,15,16). The van der Waals surface area contributed by atoms with Crippen molar-refractivity contribution in [1.29, 1.82) is 0 Å². The van der Waals surface area contributed by atoms with E-state index in [4.69, 9.17) is 5.84 Å². The van der Waals surface area contributed by atoms with Gasteiger partial charge in [-0.3, -0.25) is 0 Å². The minimum Gasteiger partial charge on any atom is -0.308 e. The molecule has 0 fully saturated rings. The van der Waals surface area contributed by atoms with Gasteiger partial charge < -0.3 is 5.43 Å². The molecule has 0 unspecified atom stereocenters. The molecular weight excluding hydrogens is 253 g/mol. The van der Waals surface area contributed by atoms with Gasteiger partial charge in [0.05, 0.1) is 0 Å². The Bertz CT molecular complexity index is 400. The van der Waals surface area contributed by atoms with Crippen LogP contribution in [0.15, 0.2) is 11.1 Å². The van der Waals surface area contributed by atoms with Crippen LogP contribution in [-0.2, 0) is 6.18 Å². The van der Waals surface area contributed by atoms with Gasteiger partial charge in [-0.05, 0) is 0 Å². The van der Waals surface area contributed by atoms with E-state index in [0.717, 1.165) is 0 Å². The highest BCUT2D eigenvalue weighted by Gasteiger charge is 2.35. The third-order valence-electron chi connectivity index (χ3n) is 1.51. The van der Waals surface area contributed by atoms with E-state index in [0.29, 0.717) is 0 Å². The molecule has 0 radical (unpaired) electrons. The molecule has 1 rings (SSSR count). The molecule has 0 atom stereocenters. The van der Waals surface area contributed by atoms with Crippen molar-refractivity contribution in [3.05, 3.63) is 11.9 Å². The summed E-state index contributed by atoms with van der Waals surface area (Å²) in [7, 11) is 0. The molecule has 8 heteroatoms. The second-order valence-corrected chi connectivity index (χ2v) is 6.12. The van der Waals surface area contributed by atoms with E-state index in [9.17, 15) is 13.2 Å². The topological polar surface area (TPSA) is 63.8 Å². The van der Waals surface area contributed by atoms with Gasteiger partial charge in [-0.25, -0.2) is 15.8 Å². The number of nitrogens with one attached hydrogen (secondary N) is 1. The Balaban J connectivity index is 3.15. The number of rotatable bonds is 2. The van der Waals surface area contributed by atoms with Crippen LogP contribution in [0.25, 0.3) is 0 Å². The number of anilines is 1. The minimum absolute atomic E-state index is 0.0564. The van der Waals surface area contributed by atoms with Gasteiger partial charge in [0.25, 0.3) is 0 Å². The average Bonchev–Trinajstić information content (AvgIpc) is 2.13. The first-order valence-electron chi connectivity index (χ1n) is 4.74. The first-order chi connectivity index (χ1) is 7.62. The number of nitrogens with zero attached hydrogens (tertiary/aromatic N) is 2. The van der Waals surface area contributed by atoms with Crippen LogP contribution in [0.5, 0.6) is 0 Å². The van der Waals surface area contributed by atoms with Crippen LogP contribution < -0.4 is 11.3 Å². The molecule has 1 aromatic heterocycles. The maximum Gasteiger partial charge on any atom is 0.451 e. The van der Waals surface area contributed by atoms with Crippen molar-refractivity contribution in [3.63, 3.8) is 0 Å². The number of hydrogen-bond acceptors (Lipinski definition) is 5. The van der Waals surface area contributed by atoms with Crippen LogP contribution in [0.1, 0.15) is 26.6 Å². The Morgan fingerprint density at radius 1 is 1.24 bits per heavy atom. The summed E-state index contributed by atoms with van der Waals surface area (Å²) in [6.07, 6.45) is -4.58. The number of nitrogens with two attached hydrogens (primary N) is 1. The number of thioether (sulfide) groups is 1. The molecular formula is C9H13F3N4S. The predicted octanol–water partition coefficient (Wildman–Crippen LogP) is 2.67. The molecule has 0 spiro atoms. The summed E-state index contributed by atoms with van der Waals surface area (Å²) in [6.45, 7) is 5.63. The van der Waals surface area contributed by atoms with Crippen LogP contribution in [0.2, 0.25) is 0 Å². The average molecular weight is 266 g/mol. The largest absolute Gasteiger partial charge is 0.451 e. The molecule has 1 heterocycles. The molecule has 0 aliphatic heterocycles. The van der Waals surface area contributed by atoms with Gasteiger partial charge in [-0.1, -0.05) is 20.8 Å². The summed E-state index contributed by atoms with van der Waals surface area (Å²) in [5.41, 5.74) is 2.10. The summed E-state index contributed by atoms with van der Waals surface area (Å²) >= 11 is 1.21. The molecule has 0 aliphatic rings. The van der Waals surface area contributed by atoms with E-state index in [2.05, 4.69) is 15.4 Å². The van der Waals surface area contributed by atoms with Crippen LogP contribution in [0.4, 0.5) is 19.0 Å². The summed E-state index contributed by atoms with van der Waals surface area (Å²) < 4.78 is 37.3.